The summed E-state index contributed by atoms with van der Waals surface area (Å²) in [5, 5.41) is 0.343. The number of benzene rings is 1. The Kier molecular flexibility index (Phi) is 4.22. The van der Waals surface area contributed by atoms with Crippen LogP contribution in [0.1, 0.15) is 28.9 Å². The highest BCUT2D eigenvalue weighted by molar-refractivity contribution is 9.10. The molecule has 0 saturated heterocycles. The lowest BCUT2D eigenvalue weighted by Gasteiger charge is -2.23. The van der Waals surface area contributed by atoms with Crippen molar-refractivity contribution in [3.8, 4) is 0 Å². The molecule has 0 bridgehead atoms. The molecular weight excluding hydrogens is 334 g/mol. The van der Waals surface area contributed by atoms with Crippen LogP contribution in [0.2, 0.25) is 0 Å². The van der Waals surface area contributed by atoms with Gasteiger partial charge in [0.2, 0.25) is 0 Å². The van der Waals surface area contributed by atoms with Crippen molar-refractivity contribution in [1.29, 1.82) is 0 Å². The summed E-state index contributed by atoms with van der Waals surface area (Å²) in [7, 11) is 0. The topological polar surface area (TPSA) is 30.0 Å². The Balaban J connectivity index is 1.72. The summed E-state index contributed by atoms with van der Waals surface area (Å²) in [5.41, 5.74) is 1.96. The molecule has 0 saturated carbocycles. The van der Waals surface area contributed by atoms with E-state index in [-0.39, 0.29) is 5.78 Å². The summed E-state index contributed by atoms with van der Waals surface area (Å²) >= 11 is 5.36. The molecule has 0 amide bonds. The molecule has 20 heavy (non-hydrogen) atoms. The highest BCUT2D eigenvalue weighted by Crippen LogP contribution is 2.41. The van der Waals surface area contributed by atoms with Gasteiger partial charge in [-0.05, 0) is 47.0 Å². The SMILES string of the molecule is O=C1CC(CCc2ccccn2)Sc2c(Br)cccc21. The number of thioether (sulfide) groups is 1. The fourth-order valence-electron chi connectivity index (χ4n) is 2.39. The van der Waals surface area contributed by atoms with Crippen LogP contribution in [0.5, 0.6) is 0 Å². The second-order valence-corrected chi connectivity index (χ2v) is 7.01. The van der Waals surface area contributed by atoms with Gasteiger partial charge >= 0.3 is 0 Å². The summed E-state index contributed by atoms with van der Waals surface area (Å²) in [5.74, 6) is 0.256. The average molecular weight is 348 g/mol. The zero-order valence-corrected chi connectivity index (χ0v) is 13.3. The molecule has 1 aromatic heterocycles. The van der Waals surface area contributed by atoms with Gasteiger partial charge < -0.3 is 0 Å². The van der Waals surface area contributed by atoms with Crippen molar-refractivity contribution in [3.63, 3.8) is 0 Å². The van der Waals surface area contributed by atoms with Gasteiger partial charge in [-0.15, -0.1) is 11.8 Å². The standard InChI is InChI=1S/C16H14BrNOS/c17-14-6-3-5-13-15(19)10-12(20-16(13)14)8-7-11-4-1-2-9-18-11/h1-6,9,12H,7-8,10H2. The lowest BCUT2D eigenvalue weighted by atomic mass is 10.0. The highest BCUT2D eigenvalue weighted by Gasteiger charge is 2.26. The molecule has 102 valence electrons. The predicted octanol–water partition coefficient (Wildman–Crippen LogP) is 4.52. The number of hydrogen-bond donors (Lipinski definition) is 0. The number of carbonyl (C=O) groups is 1. The molecule has 0 spiro atoms. The minimum Gasteiger partial charge on any atom is -0.294 e. The van der Waals surface area contributed by atoms with Gasteiger partial charge in [0.05, 0.1) is 0 Å². The summed E-state index contributed by atoms with van der Waals surface area (Å²) < 4.78 is 1.02. The first-order valence-corrected chi connectivity index (χ1v) is 8.29. The van der Waals surface area contributed by atoms with Crippen LogP contribution < -0.4 is 0 Å². The largest absolute Gasteiger partial charge is 0.294 e. The minimum absolute atomic E-state index is 0.256. The van der Waals surface area contributed by atoms with E-state index >= 15 is 0 Å². The fraction of sp³-hybridized carbons (Fsp3) is 0.250. The third-order valence-corrected chi connectivity index (χ3v) is 5.75. The lowest BCUT2D eigenvalue weighted by Crippen LogP contribution is -2.18. The van der Waals surface area contributed by atoms with Crippen LogP contribution in [-0.2, 0) is 6.42 Å². The van der Waals surface area contributed by atoms with Crippen molar-refractivity contribution < 1.29 is 4.79 Å². The Bertz CT molecular complexity index is 630. The van der Waals surface area contributed by atoms with Gasteiger partial charge in [-0.3, -0.25) is 9.78 Å². The van der Waals surface area contributed by atoms with E-state index in [0.29, 0.717) is 11.7 Å². The number of rotatable bonds is 3. The zero-order valence-electron chi connectivity index (χ0n) is 10.9. The fourth-order valence-corrected chi connectivity index (χ4v) is 4.33. The third-order valence-electron chi connectivity index (χ3n) is 3.41. The lowest BCUT2D eigenvalue weighted by molar-refractivity contribution is 0.0975. The normalized spacial score (nSPS) is 17.9. The molecule has 1 aliphatic heterocycles. The monoisotopic (exact) mass is 347 g/mol. The quantitative estimate of drug-likeness (QED) is 0.817. The molecule has 1 atom stereocenters. The molecule has 2 nitrogen and oxygen atoms in total. The van der Waals surface area contributed by atoms with Crippen LogP contribution in [0.15, 0.2) is 52.0 Å². The van der Waals surface area contributed by atoms with Gasteiger partial charge in [-0.2, -0.15) is 0 Å². The Hall–Kier alpha value is -1.13. The maximum Gasteiger partial charge on any atom is 0.165 e. The molecule has 0 N–H and O–H groups in total. The number of fused-ring (bicyclic) bond motifs is 1. The van der Waals surface area contributed by atoms with Crippen molar-refractivity contribution in [2.75, 3.05) is 0 Å². The van der Waals surface area contributed by atoms with E-state index in [9.17, 15) is 4.79 Å². The van der Waals surface area contributed by atoms with E-state index in [0.717, 1.165) is 33.5 Å². The molecule has 2 aromatic rings. The summed E-state index contributed by atoms with van der Waals surface area (Å²) in [6, 6.07) is 11.8. The molecule has 2 heterocycles. The first-order valence-electron chi connectivity index (χ1n) is 6.62. The predicted molar refractivity (Wildman–Crippen MR) is 85.3 cm³/mol. The van der Waals surface area contributed by atoms with Crippen LogP contribution in [0.3, 0.4) is 0 Å². The number of ketones is 1. The van der Waals surface area contributed by atoms with Gasteiger partial charge in [0.25, 0.3) is 0 Å². The maximum atomic E-state index is 12.2. The van der Waals surface area contributed by atoms with Gasteiger partial charge in [0.1, 0.15) is 0 Å². The molecule has 1 aliphatic rings. The molecule has 1 unspecified atom stereocenters. The molecular formula is C16H14BrNOS. The molecule has 0 fully saturated rings. The number of aromatic nitrogens is 1. The highest BCUT2D eigenvalue weighted by atomic mass is 79.9. The number of carbonyl (C=O) groups excluding carboxylic acids is 1. The van der Waals surface area contributed by atoms with E-state index < -0.39 is 0 Å². The van der Waals surface area contributed by atoms with E-state index in [2.05, 4.69) is 20.9 Å². The number of aryl methyl sites for hydroxylation is 1. The smallest absolute Gasteiger partial charge is 0.165 e. The molecule has 4 heteroatoms. The van der Waals surface area contributed by atoms with Crippen LogP contribution >= 0.6 is 27.7 Å². The molecule has 0 aliphatic carbocycles. The van der Waals surface area contributed by atoms with Gasteiger partial charge in [-0.1, -0.05) is 18.2 Å². The van der Waals surface area contributed by atoms with Crippen molar-refractivity contribution >= 4 is 33.5 Å². The van der Waals surface area contributed by atoms with Gasteiger partial charge in [-0.25, -0.2) is 0 Å². The van der Waals surface area contributed by atoms with Crippen molar-refractivity contribution in [2.24, 2.45) is 0 Å². The van der Waals surface area contributed by atoms with Crippen LogP contribution in [0.25, 0.3) is 0 Å². The van der Waals surface area contributed by atoms with Crippen molar-refractivity contribution in [1.82, 2.24) is 4.98 Å². The van der Waals surface area contributed by atoms with Gasteiger partial charge in [0, 0.05) is 38.5 Å². The van der Waals surface area contributed by atoms with E-state index in [1.165, 1.54) is 0 Å². The van der Waals surface area contributed by atoms with Crippen LogP contribution in [-0.4, -0.2) is 16.0 Å². The second kappa shape index (κ2) is 6.10. The Morgan fingerprint density at radius 1 is 1.25 bits per heavy atom. The number of hydrogen-bond acceptors (Lipinski definition) is 3. The minimum atomic E-state index is 0.256. The van der Waals surface area contributed by atoms with Crippen LogP contribution in [0.4, 0.5) is 0 Å². The molecule has 0 radical (unpaired) electrons. The van der Waals surface area contributed by atoms with E-state index in [4.69, 9.17) is 0 Å². The zero-order chi connectivity index (χ0) is 13.9. The van der Waals surface area contributed by atoms with Crippen LogP contribution in [0, 0.1) is 0 Å². The summed E-state index contributed by atoms with van der Waals surface area (Å²) in [6.07, 6.45) is 4.35. The number of Topliss-reactive ketones (excluding diaryl/α,β-unsaturated/α-hetero) is 1. The summed E-state index contributed by atoms with van der Waals surface area (Å²) in [6.45, 7) is 0. The third kappa shape index (κ3) is 2.96. The first-order chi connectivity index (χ1) is 9.74. The molecule has 1 aromatic carbocycles. The molecule has 3 rings (SSSR count). The van der Waals surface area contributed by atoms with Crippen molar-refractivity contribution in [2.45, 2.75) is 29.4 Å². The summed E-state index contributed by atoms with van der Waals surface area (Å²) in [4.78, 5) is 17.6. The average Bonchev–Trinajstić information content (AvgIpc) is 2.47. The number of halogens is 1. The van der Waals surface area contributed by atoms with E-state index in [1.807, 2.05) is 54.4 Å². The Morgan fingerprint density at radius 2 is 2.15 bits per heavy atom. The first kappa shape index (κ1) is 13.8. The second-order valence-electron chi connectivity index (χ2n) is 4.84. The van der Waals surface area contributed by atoms with Gasteiger partial charge in [0.15, 0.2) is 5.78 Å². The Morgan fingerprint density at radius 3 is 2.95 bits per heavy atom. The van der Waals surface area contributed by atoms with E-state index in [1.54, 1.807) is 0 Å². The maximum absolute atomic E-state index is 12.2. The van der Waals surface area contributed by atoms with Crippen molar-refractivity contribution in [3.05, 3.63) is 58.3 Å². The number of nitrogens with zero attached hydrogens (tertiary/aromatic N) is 1. The Labute approximate surface area is 131 Å². The number of pyridine rings is 1.